The summed E-state index contributed by atoms with van der Waals surface area (Å²) in [5, 5.41) is 9.31. The highest BCUT2D eigenvalue weighted by Gasteiger charge is 2.28. The Hall–Kier alpha value is -3.39. The van der Waals surface area contributed by atoms with Gasteiger partial charge < -0.3 is 25.4 Å². The first-order valence-corrected chi connectivity index (χ1v) is 9.74. The Kier molecular flexibility index (Phi) is 6.68. The summed E-state index contributed by atoms with van der Waals surface area (Å²) in [6.45, 7) is 3.17. The summed E-state index contributed by atoms with van der Waals surface area (Å²) in [6.07, 6.45) is 0. The first kappa shape index (κ1) is 21.3. The number of ether oxygens (including phenoxy) is 2. The Morgan fingerprint density at radius 1 is 1.13 bits per heavy atom. The molecule has 1 heterocycles. The number of thiocarbonyl (C=S) groups is 1. The number of hydrogen-bond donors (Lipinski definition) is 3. The topological polar surface area (TPSA) is 88.7 Å². The zero-order valence-electron chi connectivity index (χ0n) is 16.9. The second kappa shape index (κ2) is 9.41. The molecule has 0 aliphatic carbocycles. The van der Waals surface area contributed by atoms with Gasteiger partial charge in [-0.25, -0.2) is 0 Å². The number of ketones is 1. The number of allylic oxidation sites excluding steroid dienone is 1. The normalized spacial score (nSPS) is 15.7. The summed E-state index contributed by atoms with van der Waals surface area (Å²) < 4.78 is 11.1. The number of rotatable bonds is 7. The molecule has 0 radical (unpaired) electrons. The van der Waals surface area contributed by atoms with E-state index >= 15 is 0 Å². The fourth-order valence-corrected chi connectivity index (χ4v) is 3.53. The van der Waals surface area contributed by atoms with Crippen LogP contribution in [0.4, 0.5) is 5.69 Å². The zero-order chi connectivity index (χ0) is 21.7. The number of para-hydroxylation sites is 1. The Bertz CT molecular complexity index is 1000. The van der Waals surface area contributed by atoms with Crippen molar-refractivity contribution in [3.63, 3.8) is 0 Å². The predicted molar refractivity (Wildman–Crippen MR) is 119 cm³/mol. The van der Waals surface area contributed by atoms with Crippen molar-refractivity contribution >= 4 is 34.7 Å². The Morgan fingerprint density at radius 2 is 1.87 bits per heavy atom. The first-order valence-electron chi connectivity index (χ1n) is 9.34. The highest BCUT2D eigenvalue weighted by atomic mass is 32.1. The van der Waals surface area contributed by atoms with Crippen molar-refractivity contribution in [3.05, 3.63) is 65.4 Å². The van der Waals surface area contributed by atoms with Crippen LogP contribution in [0.2, 0.25) is 0 Å². The minimum Gasteiger partial charge on any atom is -0.493 e. The van der Waals surface area contributed by atoms with Crippen LogP contribution in [0.1, 0.15) is 25.5 Å². The molecule has 1 atom stereocenters. The molecular formula is C22H23N3O4S. The molecule has 0 fully saturated rings. The number of anilines is 1. The maximum Gasteiger partial charge on any atom is 0.262 e. The van der Waals surface area contributed by atoms with Gasteiger partial charge in [0.05, 0.1) is 13.2 Å². The molecule has 2 aromatic rings. The van der Waals surface area contributed by atoms with Crippen LogP contribution in [0, 0.1) is 0 Å². The predicted octanol–water partition coefficient (Wildman–Crippen LogP) is 3.09. The van der Waals surface area contributed by atoms with E-state index in [9.17, 15) is 9.59 Å². The van der Waals surface area contributed by atoms with E-state index in [-0.39, 0.29) is 18.3 Å². The lowest BCUT2D eigenvalue weighted by atomic mass is 9.93. The van der Waals surface area contributed by atoms with Crippen molar-refractivity contribution in [2.75, 3.05) is 19.0 Å². The highest BCUT2D eigenvalue weighted by molar-refractivity contribution is 7.80. The van der Waals surface area contributed by atoms with Gasteiger partial charge >= 0.3 is 0 Å². The summed E-state index contributed by atoms with van der Waals surface area (Å²) in [4.78, 5) is 24.3. The fraction of sp³-hybridized carbons (Fsp3) is 0.227. The van der Waals surface area contributed by atoms with Gasteiger partial charge in [0.15, 0.2) is 29.0 Å². The van der Waals surface area contributed by atoms with Gasteiger partial charge in [0.2, 0.25) is 0 Å². The average molecular weight is 426 g/mol. The monoisotopic (exact) mass is 425 g/mol. The molecule has 0 saturated carbocycles. The summed E-state index contributed by atoms with van der Waals surface area (Å²) in [5.74, 6) is 0.532. The van der Waals surface area contributed by atoms with Crippen LogP contribution in [0.5, 0.6) is 11.5 Å². The zero-order valence-corrected chi connectivity index (χ0v) is 17.8. The molecule has 0 bridgehead atoms. The molecule has 0 saturated heterocycles. The Labute approximate surface area is 180 Å². The van der Waals surface area contributed by atoms with Gasteiger partial charge in [0.1, 0.15) is 0 Å². The van der Waals surface area contributed by atoms with E-state index in [4.69, 9.17) is 21.7 Å². The van der Waals surface area contributed by atoms with Crippen LogP contribution in [0.15, 0.2) is 59.8 Å². The molecule has 30 heavy (non-hydrogen) atoms. The SMILES string of the molecule is COc1cc(C2NC(=S)NC(C)=C2C(C)=O)ccc1OCC(=O)Nc1ccccc1. The molecule has 3 N–H and O–H groups in total. The largest absolute Gasteiger partial charge is 0.493 e. The molecule has 156 valence electrons. The van der Waals surface area contributed by atoms with Gasteiger partial charge in [0, 0.05) is 17.0 Å². The minimum atomic E-state index is -0.402. The van der Waals surface area contributed by atoms with Gasteiger partial charge in [-0.1, -0.05) is 24.3 Å². The third kappa shape index (κ3) is 4.96. The van der Waals surface area contributed by atoms with Crippen LogP contribution < -0.4 is 25.4 Å². The van der Waals surface area contributed by atoms with Crippen molar-refractivity contribution in [2.45, 2.75) is 19.9 Å². The summed E-state index contributed by atoms with van der Waals surface area (Å²) in [5.41, 5.74) is 2.80. The van der Waals surface area contributed by atoms with Gasteiger partial charge in [-0.3, -0.25) is 9.59 Å². The molecule has 1 aliphatic heterocycles. The van der Waals surface area contributed by atoms with E-state index in [2.05, 4.69) is 16.0 Å². The van der Waals surface area contributed by atoms with Crippen molar-refractivity contribution in [3.8, 4) is 11.5 Å². The van der Waals surface area contributed by atoms with Crippen LogP contribution >= 0.6 is 12.2 Å². The van der Waals surface area contributed by atoms with Crippen molar-refractivity contribution in [2.24, 2.45) is 0 Å². The van der Waals surface area contributed by atoms with Crippen LogP contribution in [-0.4, -0.2) is 30.5 Å². The van der Waals surface area contributed by atoms with Gasteiger partial charge in [-0.15, -0.1) is 0 Å². The number of benzene rings is 2. The van der Waals surface area contributed by atoms with E-state index < -0.39 is 6.04 Å². The summed E-state index contributed by atoms with van der Waals surface area (Å²) in [6, 6.07) is 14.0. The number of nitrogens with one attached hydrogen (secondary N) is 3. The number of Topliss-reactive ketones (excluding diaryl/α,β-unsaturated/α-hetero) is 1. The molecule has 3 rings (SSSR count). The molecule has 1 unspecified atom stereocenters. The number of methoxy groups -OCH3 is 1. The fourth-order valence-electron chi connectivity index (χ4n) is 3.26. The van der Waals surface area contributed by atoms with E-state index in [1.54, 1.807) is 24.3 Å². The van der Waals surface area contributed by atoms with Crippen molar-refractivity contribution in [1.29, 1.82) is 0 Å². The van der Waals surface area contributed by atoms with Crippen molar-refractivity contribution in [1.82, 2.24) is 10.6 Å². The Balaban J connectivity index is 1.76. The van der Waals surface area contributed by atoms with Crippen molar-refractivity contribution < 1.29 is 19.1 Å². The summed E-state index contributed by atoms with van der Waals surface area (Å²) >= 11 is 5.24. The van der Waals surface area contributed by atoms with Crippen LogP contribution in [0.25, 0.3) is 0 Å². The number of carbonyl (C=O) groups excluding carboxylic acids is 2. The quantitative estimate of drug-likeness (QED) is 0.588. The second-order valence-corrected chi connectivity index (χ2v) is 7.15. The molecule has 0 aromatic heterocycles. The lowest BCUT2D eigenvalue weighted by molar-refractivity contribution is -0.118. The standard InChI is InChI=1S/C22H23N3O4S/c1-13-20(14(2)26)21(25-22(30)23-13)15-9-10-17(18(11-15)28-3)29-12-19(27)24-16-7-5-4-6-8-16/h4-11,21H,12H2,1-3H3,(H,24,27)(H2,23,25,30). The molecular weight excluding hydrogens is 402 g/mol. The molecule has 2 aromatic carbocycles. The maximum absolute atomic E-state index is 12.2. The molecule has 0 spiro atoms. The Morgan fingerprint density at radius 3 is 2.53 bits per heavy atom. The molecule has 7 nitrogen and oxygen atoms in total. The van der Waals surface area contributed by atoms with Gasteiger partial charge in [-0.2, -0.15) is 0 Å². The van der Waals surface area contributed by atoms with E-state index in [0.717, 1.165) is 5.56 Å². The smallest absolute Gasteiger partial charge is 0.262 e. The first-order chi connectivity index (χ1) is 14.4. The van der Waals surface area contributed by atoms with E-state index in [0.29, 0.717) is 33.6 Å². The summed E-state index contributed by atoms with van der Waals surface area (Å²) in [7, 11) is 1.52. The van der Waals surface area contributed by atoms with E-state index in [1.807, 2.05) is 31.2 Å². The average Bonchev–Trinajstić information content (AvgIpc) is 2.72. The van der Waals surface area contributed by atoms with Crippen LogP contribution in [-0.2, 0) is 9.59 Å². The third-order valence-corrected chi connectivity index (χ3v) is 4.81. The van der Waals surface area contributed by atoms with Gasteiger partial charge in [0.25, 0.3) is 5.91 Å². The van der Waals surface area contributed by atoms with Crippen LogP contribution in [0.3, 0.4) is 0 Å². The number of carbonyl (C=O) groups is 2. The number of amides is 1. The minimum absolute atomic E-state index is 0.0584. The lowest BCUT2D eigenvalue weighted by Gasteiger charge is -2.30. The lowest BCUT2D eigenvalue weighted by Crippen LogP contribution is -2.44. The molecule has 8 heteroatoms. The number of hydrogen-bond acceptors (Lipinski definition) is 5. The molecule has 1 amide bonds. The van der Waals surface area contributed by atoms with Gasteiger partial charge in [-0.05, 0) is 55.9 Å². The molecule has 1 aliphatic rings. The van der Waals surface area contributed by atoms with E-state index in [1.165, 1.54) is 14.0 Å². The second-order valence-electron chi connectivity index (χ2n) is 6.74. The third-order valence-electron chi connectivity index (χ3n) is 4.59. The maximum atomic E-state index is 12.2. The highest BCUT2D eigenvalue weighted by Crippen LogP contribution is 2.34.